The second-order valence-corrected chi connectivity index (χ2v) is 11.4. The molecule has 216 valence electrons. The lowest BCUT2D eigenvalue weighted by Crippen LogP contribution is -2.40. The number of hydrazone groups is 1. The van der Waals surface area contributed by atoms with E-state index in [1.54, 1.807) is 66.7 Å². The summed E-state index contributed by atoms with van der Waals surface area (Å²) in [5, 5.41) is 7.07. The maximum absolute atomic E-state index is 13.3. The number of ether oxygens (including phenoxy) is 1. The maximum Gasteiger partial charge on any atom is 0.262 e. The van der Waals surface area contributed by atoms with Crippen molar-refractivity contribution in [1.82, 2.24) is 9.73 Å². The standard InChI is InChI=1S/C31H29ClN4O5S/c32-28-13-7-8-14-29(28)34-31(38)23-41-26-17-15-25(16-18-26)21-33-35-30(37)22-36(20-19-24-9-3-1-4-10-24)42(39,40)27-11-5-2-6-12-27/h1-18,21H,19-20,22-23H2,(H,34,38)(H,35,37)/b33-21+. The predicted octanol–water partition coefficient (Wildman–Crippen LogP) is 4.74. The van der Waals surface area contributed by atoms with Crippen molar-refractivity contribution in [3.05, 3.63) is 125 Å². The third-order valence-corrected chi connectivity index (χ3v) is 8.18. The van der Waals surface area contributed by atoms with Crippen LogP contribution in [-0.4, -0.2) is 50.4 Å². The van der Waals surface area contributed by atoms with Crippen molar-refractivity contribution in [2.24, 2.45) is 5.10 Å². The van der Waals surface area contributed by atoms with Crippen molar-refractivity contribution in [2.45, 2.75) is 11.3 Å². The zero-order valence-corrected chi connectivity index (χ0v) is 24.1. The third-order valence-electron chi connectivity index (χ3n) is 5.99. The van der Waals surface area contributed by atoms with E-state index >= 15 is 0 Å². The van der Waals surface area contributed by atoms with Crippen LogP contribution in [0.4, 0.5) is 5.69 Å². The Morgan fingerprint density at radius 3 is 2.17 bits per heavy atom. The Labute approximate surface area is 249 Å². The summed E-state index contributed by atoms with van der Waals surface area (Å²) in [5.74, 6) is -0.475. The fraction of sp³-hybridized carbons (Fsp3) is 0.129. The molecule has 4 aromatic carbocycles. The van der Waals surface area contributed by atoms with Crippen LogP contribution in [0.3, 0.4) is 0 Å². The Morgan fingerprint density at radius 2 is 1.48 bits per heavy atom. The molecule has 0 unspecified atom stereocenters. The number of hydrogen-bond donors (Lipinski definition) is 2. The van der Waals surface area contributed by atoms with Crippen LogP contribution in [-0.2, 0) is 26.0 Å². The van der Waals surface area contributed by atoms with Crippen molar-refractivity contribution >= 4 is 45.3 Å². The lowest BCUT2D eigenvalue weighted by Gasteiger charge is -2.21. The van der Waals surface area contributed by atoms with Crippen LogP contribution >= 0.6 is 11.6 Å². The number of amides is 2. The number of para-hydroxylation sites is 1. The van der Waals surface area contributed by atoms with Crippen molar-refractivity contribution in [3.8, 4) is 5.75 Å². The fourth-order valence-electron chi connectivity index (χ4n) is 3.85. The van der Waals surface area contributed by atoms with Gasteiger partial charge in [0.15, 0.2) is 6.61 Å². The van der Waals surface area contributed by atoms with E-state index in [-0.39, 0.29) is 24.0 Å². The summed E-state index contributed by atoms with van der Waals surface area (Å²) in [6, 6.07) is 31.1. The first kappa shape index (κ1) is 30.4. The second kappa shape index (κ2) is 14.9. The molecule has 2 amide bonds. The van der Waals surface area contributed by atoms with E-state index in [4.69, 9.17) is 16.3 Å². The minimum Gasteiger partial charge on any atom is -0.484 e. The van der Waals surface area contributed by atoms with Gasteiger partial charge in [0.25, 0.3) is 11.8 Å². The Morgan fingerprint density at radius 1 is 0.833 bits per heavy atom. The smallest absolute Gasteiger partial charge is 0.262 e. The van der Waals surface area contributed by atoms with E-state index in [9.17, 15) is 18.0 Å². The monoisotopic (exact) mass is 604 g/mol. The summed E-state index contributed by atoms with van der Waals surface area (Å²) in [6.45, 7) is -0.484. The number of rotatable bonds is 13. The summed E-state index contributed by atoms with van der Waals surface area (Å²) in [7, 11) is -3.91. The largest absolute Gasteiger partial charge is 0.484 e. The van der Waals surface area contributed by atoms with Gasteiger partial charge >= 0.3 is 0 Å². The van der Waals surface area contributed by atoms with Gasteiger partial charge in [-0.1, -0.05) is 72.3 Å². The third kappa shape index (κ3) is 9.00. The number of anilines is 1. The van der Waals surface area contributed by atoms with Gasteiger partial charge in [-0.15, -0.1) is 0 Å². The first-order valence-corrected chi connectivity index (χ1v) is 14.8. The molecule has 0 heterocycles. The zero-order chi connectivity index (χ0) is 29.8. The number of carbonyl (C=O) groups is 2. The predicted molar refractivity (Wildman–Crippen MR) is 163 cm³/mol. The first-order chi connectivity index (χ1) is 20.3. The highest BCUT2D eigenvalue weighted by molar-refractivity contribution is 7.89. The molecule has 0 saturated carbocycles. The van der Waals surface area contributed by atoms with Gasteiger partial charge in [0.05, 0.1) is 28.4 Å². The summed E-state index contributed by atoms with van der Waals surface area (Å²) in [4.78, 5) is 24.9. The zero-order valence-electron chi connectivity index (χ0n) is 22.5. The summed E-state index contributed by atoms with van der Waals surface area (Å²) in [6.07, 6.45) is 1.87. The van der Waals surface area contributed by atoms with E-state index < -0.39 is 22.5 Å². The van der Waals surface area contributed by atoms with E-state index in [0.717, 1.165) is 9.87 Å². The highest BCUT2D eigenvalue weighted by Crippen LogP contribution is 2.20. The fourth-order valence-corrected chi connectivity index (χ4v) is 5.45. The molecule has 0 spiro atoms. The van der Waals surface area contributed by atoms with Crippen LogP contribution < -0.4 is 15.5 Å². The number of nitrogens with zero attached hydrogens (tertiary/aromatic N) is 2. The lowest BCUT2D eigenvalue weighted by atomic mass is 10.1. The van der Waals surface area contributed by atoms with Gasteiger partial charge in [-0.2, -0.15) is 9.41 Å². The quantitative estimate of drug-likeness (QED) is 0.169. The minimum atomic E-state index is -3.91. The number of hydrogen-bond acceptors (Lipinski definition) is 6. The normalized spacial score (nSPS) is 11.4. The SMILES string of the molecule is O=C(CN(CCc1ccccc1)S(=O)(=O)c1ccccc1)N/N=C/c1ccc(OCC(=O)Nc2ccccc2Cl)cc1. The van der Waals surface area contributed by atoms with E-state index in [0.29, 0.717) is 28.4 Å². The molecule has 11 heteroatoms. The van der Waals surface area contributed by atoms with Gasteiger partial charge in [0, 0.05) is 6.54 Å². The highest BCUT2D eigenvalue weighted by atomic mass is 35.5. The molecule has 0 aromatic heterocycles. The Bertz CT molecular complexity index is 1620. The second-order valence-electron chi connectivity index (χ2n) is 9.07. The number of halogens is 1. The maximum atomic E-state index is 13.3. The molecule has 0 fully saturated rings. The summed E-state index contributed by atoms with van der Waals surface area (Å²) >= 11 is 6.05. The van der Waals surface area contributed by atoms with Gasteiger partial charge < -0.3 is 10.1 Å². The van der Waals surface area contributed by atoms with Crippen LogP contribution in [0.15, 0.2) is 119 Å². The average Bonchev–Trinajstić information content (AvgIpc) is 3.01. The Balaban J connectivity index is 1.30. The van der Waals surface area contributed by atoms with Crippen molar-refractivity contribution in [3.63, 3.8) is 0 Å². The van der Waals surface area contributed by atoms with Crippen LogP contribution in [0.1, 0.15) is 11.1 Å². The van der Waals surface area contributed by atoms with E-state index in [1.165, 1.54) is 18.3 Å². The van der Waals surface area contributed by atoms with Gasteiger partial charge in [-0.25, -0.2) is 13.8 Å². The van der Waals surface area contributed by atoms with Crippen LogP contribution in [0, 0.1) is 0 Å². The number of nitrogens with one attached hydrogen (secondary N) is 2. The molecule has 0 atom stereocenters. The molecule has 42 heavy (non-hydrogen) atoms. The summed E-state index contributed by atoms with van der Waals surface area (Å²) < 4.78 is 33.2. The number of sulfonamides is 1. The molecular weight excluding hydrogens is 576 g/mol. The van der Waals surface area contributed by atoms with Crippen LogP contribution in [0.5, 0.6) is 5.75 Å². The van der Waals surface area contributed by atoms with E-state index in [1.807, 2.05) is 30.3 Å². The first-order valence-electron chi connectivity index (χ1n) is 13.0. The van der Waals surface area contributed by atoms with Gasteiger partial charge in [-0.3, -0.25) is 9.59 Å². The number of carbonyl (C=O) groups excluding carboxylic acids is 2. The van der Waals surface area contributed by atoms with Gasteiger partial charge in [-0.05, 0) is 66.1 Å². The highest BCUT2D eigenvalue weighted by Gasteiger charge is 2.26. The molecule has 4 rings (SSSR count). The molecule has 0 aliphatic rings. The average molecular weight is 605 g/mol. The molecule has 2 N–H and O–H groups in total. The van der Waals surface area contributed by atoms with Crippen molar-refractivity contribution in [1.29, 1.82) is 0 Å². The molecule has 0 saturated heterocycles. The Hall–Kier alpha value is -4.51. The van der Waals surface area contributed by atoms with Crippen LogP contribution in [0.2, 0.25) is 5.02 Å². The molecule has 0 bridgehead atoms. The molecular formula is C31H29ClN4O5S. The van der Waals surface area contributed by atoms with Crippen LogP contribution in [0.25, 0.3) is 0 Å². The van der Waals surface area contributed by atoms with E-state index in [2.05, 4.69) is 15.8 Å². The number of benzene rings is 4. The lowest BCUT2D eigenvalue weighted by molar-refractivity contribution is -0.121. The Kier molecular flexibility index (Phi) is 10.8. The molecule has 0 radical (unpaired) electrons. The van der Waals surface area contributed by atoms with Gasteiger partial charge in [0.1, 0.15) is 5.75 Å². The molecule has 0 aliphatic carbocycles. The summed E-state index contributed by atoms with van der Waals surface area (Å²) in [5.41, 5.74) is 4.50. The van der Waals surface area contributed by atoms with Crippen molar-refractivity contribution < 1.29 is 22.7 Å². The molecule has 9 nitrogen and oxygen atoms in total. The molecule has 0 aliphatic heterocycles. The van der Waals surface area contributed by atoms with Gasteiger partial charge in [0.2, 0.25) is 10.0 Å². The van der Waals surface area contributed by atoms with Crippen molar-refractivity contribution in [2.75, 3.05) is 25.0 Å². The molecule has 4 aromatic rings. The minimum absolute atomic E-state index is 0.109. The topological polar surface area (TPSA) is 117 Å².